The van der Waals surface area contributed by atoms with Gasteiger partial charge >= 0.3 is 5.69 Å². The molecule has 0 spiro atoms. The van der Waals surface area contributed by atoms with Crippen molar-refractivity contribution in [3.63, 3.8) is 0 Å². The number of benzene rings is 1. The van der Waals surface area contributed by atoms with Crippen molar-refractivity contribution in [3.05, 3.63) is 56.0 Å². The number of fused-ring (bicyclic) bond motifs is 1. The lowest BCUT2D eigenvalue weighted by Gasteiger charge is -2.11. The lowest BCUT2D eigenvalue weighted by atomic mass is 10.2. The Labute approximate surface area is 152 Å². The summed E-state index contributed by atoms with van der Waals surface area (Å²) in [6.07, 6.45) is 0. The van der Waals surface area contributed by atoms with Gasteiger partial charge in [0, 0.05) is 18.5 Å². The molecular formula is C17H18N4O4S. The molecule has 0 fully saturated rings. The van der Waals surface area contributed by atoms with Crippen LogP contribution >= 0.6 is 11.5 Å². The van der Waals surface area contributed by atoms with Crippen LogP contribution in [0, 0.1) is 0 Å². The number of ether oxygens (including phenoxy) is 1. The number of nitrogens with one attached hydrogen (secondary N) is 1. The smallest absolute Gasteiger partial charge is 0.332 e. The van der Waals surface area contributed by atoms with Gasteiger partial charge in [0.15, 0.2) is 5.52 Å². The number of methoxy groups -OCH3 is 1. The topological polar surface area (TPSA) is 95.2 Å². The molecule has 0 aliphatic carbocycles. The Morgan fingerprint density at radius 1 is 1.31 bits per heavy atom. The molecule has 8 nitrogen and oxygen atoms in total. The molecule has 1 N–H and O–H groups in total. The number of hydrogen-bond acceptors (Lipinski definition) is 6. The first kappa shape index (κ1) is 17.9. The Morgan fingerprint density at radius 3 is 2.85 bits per heavy atom. The molecule has 0 bridgehead atoms. The number of aromatic nitrogens is 3. The summed E-state index contributed by atoms with van der Waals surface area (Å²) in [6.45, 7) is 2.05. The van der Waals surface area contributed by atoms with E-state index in [0.29, 0.717) is 17.8 Å². The Hall–Kier alpha value is -2.94. The van der Waals surface area contributed by atoms with Gasteiger partial charge in [-0.15, -0.1) is 0 Å². The highest BCUT2D eigenvalue weighted by Crippen LogP contribution is 2.12. The Bertz CT molecular complexity index is 1070. The van der Waals surface area contributed by atoms with Crippen LogP contribution in [-0.2, 0) is 24.4 Å². The molecule has 136 valence electrons. The van der Waals surface area contributed by atoms with Gasteiger partial charge in [-0.1, -0.05) is 12.1 Å². The molecular weight excluding hydrogens is 356 g/mol. The van der Waals surface area contributed by atoms with Gasteiger partial charge in [0.05, 0.1) is 12.6 Å². The second kappa shape index (κ2) is 7.52. The van der Waals surface area contributed by atoms with Gasteiger partial charge in [-0.3, -0.25) is 18.7 Å². The van der Waals surface area contributed by atoms with Crippen LogP contribution in [0.15, 0.2) is 39.2 Å². The summed E-state index contributed by atoms with van der Waals surface area (Å²) < 4.78 is 11.6. The molecule has 3 aromatic rings. The number of carbonyl (C=O) groups excluding carboxylic acids is 1. The van der Waals surface area contributed by atoms with E-state index in [9.17, 15) is 14.4 Å². The number of hydrogen-bond donors (Lipinski definition) is 1. The molecule has 0 saturated heterocycles. The van der Waals surface area contributed by atoms with E-state index in [-0.39, 0.29) is 24.5 Å². The molecule has 0 radical (unpaired) electrons. The van der Waals surface area contributed by atoms with Crippen LogP contribution in [0.5, 0.6) is 5.75 Å². The summed E-state index contributed by atoms with van der Waals surface area (Å²) >= 11 is 1.08. The molecule has 1 amide bonds. The van der Waals surface area contributed by atoms with Gasteiger partial charge in [0.25, 0.3) is 5.56 Å². The van der Waals surface area contributed by atoms with E-state index >= 15 is 0 Å². The zero-order valence-corrected chi connectivity index (χ0v) is 15.2. The maximum absolute atomic E-state index is 12.5. The number of amides is 1. The summed E-state index contributed by atoms with van der Waals surface area (Å²) in [5.41, 5.74) is 0.526. The van der Waals surface area contributed by atoms with Gasteiger partial charge < -0.3 is 10.1 Å². The third-order valence-corrected chi connectivity index (χ3v) is 4.61. The van der Waals surface area contributed by atoms with E-state index in [1.807, 2.05) is 24.3 Å². The molecule has 0 atom stereocenters. The molecule has 3 rings (SSSR count). The van der Waals surface area contributed by atoms with Crippen molar-refractivity contribution in [1.29, 1.82) is 0 Å². The van der Waals surface area contributed by atoms with E-state index in [4.69, 9.17) is 4.74 Å². The van der Waals surface area contributed by atoms with Gasteiger partial charge in [0.1, 0.15) is 12.3 Å². The minimum atomic E-state index is -0.512. The number of nitrogens with zero attached hydrogens (tertiary/aromatic N) is 3. The lowest BCUT2D eigenvalue weighted by molar-refractivity contribution is -0.121. The molecule has 1 aromatic carbocycles. The van der Waals surface area contributed by atoms with E-state index in [1.54, 1.807) is 19.4 Å². The van der Waals surface area contributed by atoms with Crippen LogP contribution in [0.4, 0.5) is 0 Å². The first-order valence-corrected chi connectivity index (χ1v) is 8.86. The summed E-state index contributed by atoms with van der Waals surface area (Å²) in [7, 11) is 1.58. The largest absolute Gasteiger partial charge is 0.497 e. The van der Waals surface area contributed by atoms with Crippen molar-refractivity contribution in [2.75, 3.05) is 7.11 Å². The van der Waals surface area contributed by atoms with Crippen molar-refractivity contribution in [1.82, 2.24) is 18.8 Å². The molecule has 2 heterocycles. The van der Waals surface area contributed by atoms with Crippen LogP contribution < -0.4 is 21.3 Å². The fraction of sp³-hybridized carbons (Fsp3) is 0.294. The Balaban J connectivity index is 1.82. The fourth-order valence-corrected chi connectivity index (χ4v) is 3.32. The molecule has 0 unspecified atom stereocenters. The van der Waals surface area contributed by atoms with Crippen molar-refractivity contribution in [2.24, 2.45) is 0 Å². The SMILES string of the molecule is CCn1c(=O)c2nscc2n(CC(=O)NCc2cccc(OC)c2)c1=O. The quantitative estimate of drug-likeness (QED) is 0.694. The monoisotopic (exact) mass is 374 g/mol. The van der Waals surface area contributed by atoms with Crippen molar-refractivity contribution in [2.45, 2.75) is 26.6 Å². The highest BCUT2D eigenvalue weighted by atomic mass is 32.1. The van der Waals surface area contributed by atoms with Gasteiger partial charge in [0.2, 0.25) is 5.91 Å². The van der Waals surface area contributed by atoms with Gasteiger partial charge in [-0.25, -0.2) is 4.79 Å². The zero-order chi connectivity index (χ0) is 18.7. The first-order valence-electron chi connectivity index (χ1n) is 8.02. The summed E-state index contributed by atoms with van der Waals surface area (Å²) in [5.74, 6) is 0.373. The van der Waals surface area contributed by atoms with Crippen LogP contribution in [0.1, 0.15) is 12.5 Å². The lowest BCUT2D eigenvalue weighted by Crippen LogP contribution is -2.42. The van der Waals surface area contributed by atoms with Crippen LogP contribution in [0.25, 0.3) is 11.0 Å². The van der Waals surface area contributed by atoms with E-state index in [1.165, 1.54) is 4.57 Å². The maximum Gasteiger partial charge on any atom is 0.332 e. The average molecular weight is 374 g/mol. The molecule has 26 heavy (non-hydrogen) atoms. The summed E-state index contributed by atoms with van der Waals surface area (Å²) in [5, 5.41) is 4.38. The summed E-state index contributed by atoms with van der Waals surface area (Å²) in [4.78, 5) is 37.1. The van der Waals surface area contributed by atoms with Crippen molar-refractivity contribution < 1.29 is 9.53 Å². The van der Waals surface area contributed by atoms with E-state index < -0.39 is 11.2 Å². The standard InChI is InChI=1S/C17H18N4O4S/c1-3-20-16(23)15-13(10-26-19-15)21(17(20)24)9-14(22)18-8-11-5-4-6-12(7-11)25-2/h4-7,10H,3,8-9H2,1-2H3,(H,18,22). The van der Waals surface area contributed by atoms with Gasteiger partial charge in [-0.2, -0.15) is 4.37 Å². The first-order chi connectivity index (χ1) is 12.5. The number of rotatable bonds is 6. The molecule has 0 saturated carbocycles. The third kappa shape index (κ3) is 3.38. The van der Waals surface area contributed by atoms with E-state index in [2.05, 4.69) is 9.69 Å². The Morgan fingerprint density at radius 2 is 2.12 bits per heavy atom. The molecule has 9 heteroatoms. The molecule has 0 aliphatic rings. The van der Waals surface area contributed by atoms with Crippen molar-refractivity contribution >= 4 is 28.5 Å². The van der Waals surface area contributed by atoms with Crippen LogP contribution in [0.2, 0.25) is 0 Å². The normalized spacial score (nSPS) is 10.8. The van der Waals surface area contributed by atoms with Gasteiger partial charge in [-0.05, 0) is 36.2 Å². The number of carbonyl (C=O) groups is 1. The Kier molecular flexibility index (Phi) is 5.17. The molecule has 0 aliphatic heterocycles. The third-order valence-electron chi connectivity index (χ3n) is 3.99. The highest BCUT2D eigenvalue weighted by molar-refractivity contribution is 7.04. The second-order valence-corrected chi connectivity index (χ2v) is 6.22. The summed E-state index contributed by atoms with van der Waals surface area (Å²) in [6, 6.07) is 7.35. The highest BCUT2D eigenvalue weighted by Gasteiger charge is 2.16. The minimum absolute atomic E-state index is 0.183. The second-order valence-electron chi connectivity index (χ2n) is 5.59. The van der Waals surface area contributed by atoms with Crippen LogP contribution in [-0.4, -0.2) is 26.5 Å². The average Bonchev–Trinajstić information content (AvgIpc) is 3.14. The maximum atomic E-state index is 12.5. The van der Waals surface area contributed by atoms with Crippen molar-refractivity contribution in [3.8, 4) is 5.75 Å². The predicted octanol–water partition coefficient (Wildman–Crippen LogP) is 0.965. The zero-order valence-electron chi connectivity index (χ0n) is 14.4. The fourth-order valence-electron chi connectivity index (χ4n) is 2.65. The minimum Gasteiger partial charge on any atom is -0.497 e. The van der Waals surface area contributed by atoms with Crippen LogP contribution in [0.3, 0.4) is 0 Å². The predicted molar refractivity (Wildman–Crippen MR) is 98.7 cm³/mol. The van der Waals surface area contributed by atoms with E-state index in [0.717, 1.165) is 21.7 Å². The molecule has 2 aromatic heterocycles.